The third kappa shape index (κ3) is 1.99. The molecule has 1 aromatic rings. The van der Waals surface area contributed by atoms with Crippen LogP contribution in [0.4, 0.5) is 0 Å². The van der Waals surface area contributed by atoms with Crippen LogP contribution in [0.3, 0.4) is 0 Å². The molecular weight excluding hydrogens is 180 g/mol. The van der Waals surface area contributed by atoms with E-state index in [1.165, 1.54) is 4.88 Å². The molecule has 70 valence electrons. The predicted molar refractivity (Wildman–Crippen MR) is 55.0 cm³/mol. The molecule has 0 spiro atoms. The zero-order valence-electron chi connectivity index (χ0n) is 7.88. The molecule has 0 amide bonds. The van der Waals surface area contributed by atoms with Crippen molar-refractivity contribution in [2.75, 3.05) is 0 Å². The summed E-state index contributed by atoms with van der Waals surface area (Å²) in [5.74, 6) is 0.444. The van der Waals surface area contributed by atoms with Crippen LogP contribution in [0.2, 0.25) is 0 Å². The molecule has 0 saturated heterocycles. The predicted octanol–water partition coefficient (Wildman–Crippen LogP) is 3.05. The number of hydrogen-bond acceptors (Lipinski definition) is 2. The average molecular weight is 194 g/mol. The van der Waals surface area contributed by atoms with Crippen LogP contribution >= 0.6 is 11.3 Å². The fraction of sp³-hybridized carbons (Fsp3) is 0.545. The zero-order chi connectivity index (χ0) is 9.31. The van der Waals surface area contributed by atoms with Gasteiger partial charge in [0.1, 0.15) is 5.78 Å². The maximum absolute atomic E-state index is 11.2. The molecule has 2 rings (SSSR count). The van der Waals surface area contributed by atoms with Crippen LogP contribution in [0.25, 0.3) is 0 Å². The summed E-state index contributed by atoms with van der Waals surface area (Å²) >= 11 is 1.80. The van der Waals surface area contributed by atoms with Gasteiger partial charge in [0, 0.05) is 17.7 Å². The van der Waals surface area contributed by atoms with Crippen molar-refractivity contribution in [2.45, 2.75) is 32.6 Å². The topological polar surface area (TPSA) is 17.1 Å². The van der Waals surface area contributed by atoms with Gasteiger partial charge in [-0.2, -0.15) is 0 Å². The highest BCUT2D eigenvalue weighted by atomic mass is 32.1. The molecule has 0 aromatic carbocycles. The molecule has 1 aromatic heterocycles. The second-order valence-electron chi connectivity index (χ2n) is 4.28. The summed E-state index contributed by atoms with van der Waals surface area (Å²) in [5.41, 5.74) is 0.252. The summed E-state index contributed by atoms with van der Waals surface area (Å²) in [7, 11) is 0. The molecule has 1 aliphatic rings. The second-order valence-corrected chi connectivity index (χ2v) is 5.31. The van der Waals surface area contributed by atoms with Crippen LogP contribution in [0.1, 0.15) is 31.1 Å². The van der Waals surface area contributed by atoms with Gasteiger partial charge in [-0.1, -0.05) is 13.0 Å². The normalized spacial score (nSPS) is 28.2. The Hall–Kier alpha value is -0.630. The van der Waals surface area contributed by atoms with Gasteiger partial charge >= 0.3 is 0 Å². The molecule has 0 aliphatic heterocycles. The first-order valence-corrected chi connectivity index (χ1v) is 5.60. The van der Waals surface area contributed by atoms with E-state index in [2.05, 4.69) is 24.4 Å². The van der Waals surface area contributed by atoms with Crippen molar-refractivity contribution >= 4 is 17.1 Å². The van der Waals surface area contributed by atoms with Crippen molar-refractivity contribution in [1.82, 2.24) is 0 Å². The Morgan fingerprint density at radius 2 is 2.46 bits per heavy atom. The molecule has 0 bridgehead atoms. The lowest BCUT2D eigenvalue weighted by molar-refractivity contribution is -0.117. The number of carbonyl (C=O) groups is 1. The van der Waals surface area contributed by atoms with Gasteiger partial charge in [-0.05, 0) is 29.7 Å². The van der Waals surface area contributed by atoms with E-state index in [-0.39, 0.29) is 5.41 Å². The van der Waals surface area contributed by atoms with Crippen molar-refractivity contribution in [3.63, 3.8) is 0 Å². The summed E-state index contributed by atoms with van der Waals surface area (Å²) in [6, 6.07) is 4.25. The van der Waals surface area contributed by atoms with Gasteiger partial charge in [0.25, 0.3) is 0 Å². The van der Waals surface area contributed by atoms with Gasteiger partial charge in [-0.25, -0.2) is 0 Å². The molecule has 1 aliphatic carbocycles. The highest BCUT2D eigenvalue weighted by molar-refractivity contribution is 7.09. The summed E-state index contributed by atoms with van der Waals surface area (Å²) in [5, 5.41) is 2.11. The summed E-state index contributed by atoms with van der Waals surface area (Å²) in [4.78, 5) is 12.6. The molecule has 1 unspecified atom stereocenters. The van der Waals surface area contributed by atoms with Crippen molar-refractivity contribution in [3.05, 3.63) is 22.4 Å². The lowest BCUT2D eigenvalue weighted by Gasteiger charge is -2.21. The smallest absolute Gasteiger partial charge is 0.133 e. The third-order valence-electron chi connectivity index (χ3n) is 2.81. The van der Waals surface area contributed by atoms with Crippen molar-refractivity contribution in [2.24, 2.45) is 5.41 Å². The molecule has 1 nitrogen and oxygen atoms in total. The fourth-order valence-electron chi connectivity index (χ4n) is 2.08. The standard InChI is InChI=1S/C11H14OS/c1-11(5-4-9(12)7-11)8-10-3-2-6-13-10/h2-3,6H,4-5,7-8H2,1H3. The van der Waals surface area contributed by atoms with Crippen LogP contribution in [-0.2, 0) is 11.2 Å². The van der Waals surface area contributed by atoms with Crippen molar-refractivity contribution in [1.29, 1.82) is 0 Å². The van der Waals surface area contributed by atoms with Gasteiger partial charge in [0.2, 0.25) is 0 Å². The maximum atomic E-state index is 11.2. The van der Waals surface area contributed by atoms with Gasteiger partial charge in [-0.15, -0.1) is 11.3 Å². The van der Waals surface area contributed by atoms with Crippen molar-refractivity contribution in [3.8, 4) is 0 Å². The molecule has 2 heteroatoms. The van der Waals surface area contributed by atoms with Crippen LogP contribution in [0.5, 0.6) is 0 Å². The Morgan fingerprint density at radius 1 is 1.62 bits per heavy atom. The minimum Gasteiger partial charge on any atom is -0.300 e. The van der Waals surface area contributed by atoms with E-state index in [1.807, 2.05) is 0 Å². The molecule has 1 saturated carbocycles. The first-order valence-electron chi connectivity index (χ1n) is 4.72. The summed E-state index contributed by atoms with van der Waals surface area (Å²) in [6.45, 7) is 2.23. The summed E-state index contributed by atoms with van der Waals surface area (Å²) < 4.78 is 0. The SMILES string of the molecule is CC1(Cc2cccs2)CCC(=O)C1. The Labute approximate surface area is 82.8 Å². The van der Waals surface area contributed by atoms with Crippen LogP contribution < -0.4 is 0 Å². The molecule has 0 N–H and O–H groups in total. The molecule has 13 heavy (non-hydrogen) atoms. The second kappa shape index (κ2) is 3.26. The Balaban J connectivity index is 2.05. The molecule has 1 atom stereocenters. The minimum absolute atomic E-state index is 0.252. The fourth-order valence-corrected chi connectivity index (χ4v) is 3.00. The van der Waals surface area contributed by atoms with Gasteiger partial charge in [0.05, 0.1) is 0 Å². The number of Topliss-reactive ketones (excluding diaryl/α,β-unsaturated/α-hetero) is 1. The largest absolute Gasteiger partial charge is 0.300 e. The van der Waals surface area contributed by atoms with Crippen LogP contribution in [-0.4, -0.2) is 5.78 Å². The van der Waals surface area contributed by atoms with E-state index >= 15 is 0 Å². The number of ketones is 1. The molecule has 0 radical (unpaired) electrons. The number of thiophene rings is 1. The highest BCUT2D eigenvalue weighted by Gasteiger charge is 2.33. The maximum Gasteiger partial charge on any atom is 0.133 e. The molecular formula is C11H14OS. The Morgan fingerprint density at radius 3 is 3.00 bits per heavy atom. The Kier molecular flexibility index (Phi) is 2.24. The van der Waals surface area contributed by atoms with E-state index in [0.717, 1.165) is 25.7 Å². The van der Waals surface area contributed by atoms with E-state index in [9.17, 15) is 4.79 Å². The Bertz CT molecular complexity index is 302. The first-order chi connectivity index (χ1) is 6.18. The quantitative estimate of drug-likeness (QED) is 0.707. The zero-order valence-corrected chi connectivity index (χ0v) is 8.69. The van der Waals surface area contributed by atoms with Gasteiger partial charge in [-0.3, -0.25) is 4.79 Å². The van der Waals surface area contributed by atoms with E-state index < -0.39 is 0 Å². The van der Waals surface area contributed by atoms with Crippen LogP contribution in [0.15, 0.2) is 17.5 Å². The van der Waals surface area contributed by atoms with E-state index in [4.69, 9.17) is 0 Å². The number of carbonyl (C=O) groups excluding carboxylic acids is 1. The molecule has 1 heterocycles. The lowest BCUT2D eigenvalue weighted by Crippen LogP contribution is -2.14. The lowest BCUT2D eigenvalue weighted by atomic mass is 9.84. The summed E-state index contributed by atoms with van der Waals surface area (Å²) in [6.07, 6.45) is 3.73. The number of hydrogen-bond donors (Lipinski definition) is 0. The first kappa shape index (κ1) is 8.95. The van der Waals surface area contributed by atoms with Gasteiger partial charge < -0.3 is 0 Å². The van der Waals surface area contributed by atoms with Crippen molar-refractivity contribution < 1.29 is 4.79 Å². The molecule has 1 fully saturated rings. The van der Waals surface area contributed by atoms with Gasteiger partial charge in [0.15, 0.2) is 0 Å². The minimum atomic E-state index is 0.252. The number of rotatable bonds is 2. The third-order valence-corrected chi connectivity index (χ3v) is 3.69. The highest BCUT2D eigenvalue weighted by Crippen LogP contribution is 2.39. The van der Waals surface area contributed by atoms with E-state index in [1.54, 1.807) is 11.3 Å². The van der Waals surface area contributed by atoms with E-state index in [0.29, 0.717) is 5.78 Å². The monoisotopic (exact) mass is 194 g/mol. The average Bonchev–Trinajstić information content (AvgIpc) is 2.62. The van der Waals surface area contributed by atoms with Crippen LogP contribution in [0, 0.1) is 5.41 Å².